The zero-order chi connectivity index (χ0) is 31.2. The highest BCUT2D eigenvalue weighted by Gasteiger charge is 2.34. The Bertz CT molecular complexity index is 1780. The topological polar surface area (TPSA) is 79.5 Å². The average molecular weight is 597 g/mol. The lowest BCUT2D eigenvalue weighted by Crippen LogP contribution is -2.52. The molecular formula is C38H36N4O3. The molecule has 6 rings (SSSR count). The number of pyridine rings is 1. The van der Waals surface area contributed by atoms with Crippen molar-refractivity contribution in [2.24, 2.45) is 0 Å². The second-order valence-electron chi connectivity index (χ2n) is 11.4. The van der Waals surface area contributed by atoms with Gasteiger partial charge >= 0.3 is 0 Å². The van der Waals surface area contributed by atoms with Gasteiger partial charge in [0.05, 0.1) is 11.4 Å². The number of aryl methyl sites for hydroxylation is 2. The molecule has 5 aromatic rings. The molecule has 1 aliphatic heterocycles. The van der Waals surface area contributed by atoms with Crippen molar-refractivity contribution < 1.29 is 14.1 Å². The molecule has 7 nitrogen and oxygen atoms in total. The van der Waals surface area contributed by atoms with Crippen molar-refractivity contribution in [2.45, 2.75) is 45.8 Å². The third kappa shape index (κ3) is 6.93. The van der Waals surface area contributed by atoms with E-state index in [0.717, 1.165) is 39.9 Å². The lowest BCUT2D eigenvalue weighted by atomic mass is 9.97. The highest BCUT2D eigenvalue weighted by molar-refractivity contribution is 5.96. The van der Waals surface area contributed by atoms with Gasteiger partial charge in [0, 0.05) is 49.5 Å². The average Bonchev–Trinajstić information content (AvgIpc) is 3.41. The van der Waals surface area contributed by atoms with Crippen LogP contribution < -0.4 is 0 Å². The van der Waals surface area contributed by atoms with Gasteiger partial charge in [-0.2, -0.15) is 0 Å². The van der Waals surface area contributed by atoms with Crippen molar-refractivity contribution in [1.82, 2.24) is 19.9 Å². The Morgan fingerprint density at radius 1 is 0.889 bits per heavy atom. The SMILES string of the molecule is Cc1noc(C)c1C=CC(=O)N(Cc1ccc(-c2ccccn2)cc1)[C@@H](Cc1ccccc1)C(=O)N1CCc2ccccc2C1. The maximum absolute atomic E-state index is 14.5. The van der Waals surface area contributed by atoms with Gasteiger partial charge in [-0.15, -0.1) is 0 Å². The van der Waals surface area contributed by atoms with Gasteiger partial charge in [0.25, 0.3) is 0 Å². The Morgan fingerprint density at radius 3 is 2.33 bits per heavy atom. The number of hydrogen-bond acceptors (Lipinski definition) is 5. The van der Waals surface area contributed by atoms with Crippen molar-refractivity contribution in [1.29, 1.82) is 0 Å². The molecule has 2 amide bonds. The van der Waals surface area contributed by atoms with E-state index in [1.807, 2.05) is 104 Å². The summed E-state index contributed by atoms with van der Waals surface area (Å²) < 4.78 is 5.31. The minimum absolute atomic E-state index is 0.0578. The van der Waals surface area contributed by atoms with E-state index in [2.05, 4.69) is 22.3 Å². The van der Waals surface area contributed by atoms with E-state index >= 15 is 0 Å². The van der Waals surface area contributed by atoms with Gasteiger partial charge in [-0.25, -0.2) is 0 Å². The second kappa shape index (κ2) is 13.6. The van der Waals surface area contributed by atoms with Crippen LogP contribution in [0, 0.1) is 13.8 Å². The number of fused-ring (bicyclic) bond motifs is 1. The first-order valence-corrected chi connectivity index (χ1v) is 15.3. The molecule has 0 bridgehead atoms. The van der Waals surface area contributed by atoms with Crippen molar-refractivity contribution in [3.63, 3.8) is 0 Å². The maximum Gasteiger partial charge on any atom is 0.247 e. The fraction of sp³-hybridized carbons (Fsp3) is 0.211. The van der Waals surface area contributed by atoms with Crippen LogP contribution in [-0.4, -0.2) is 44.3 Å². The number of amides is 2. The van der Waals surface area contributed by atoms with E-state index < -0.39 is 6.04 Å². The standard InChI is InChI=1S/C38H36N4O3/c1-27-34(28(2)45-40-27)19-20-37(43)42(25-30-15-17-32(18-16-30)35-14-8-9-22-39-35)36(24-29-10-4-3-5-11-29)38(44)41-23-21-31-12-6-7-13-33(31)26-41/h3-20,22,36H,21,23-26H2,1-2H3/t36-/m0/s1. The van der Waals surface area contributed by atoms with Gasteiger partial charge in [-0.3, -0.25) is 14.6 Å². The molecule has 3 heterocycles. The second-order valence-corrected chi connectivity index (χ2v) is 11.4. The fourth-order valence-electron chi connectivity index (χ4n) is 5.89. The first kappa shape index (κ1) is 29.8. The Morgan fingerprint density at radius 2 is 1.62 bits per heavy atom. The van der Waals surface area contributed by atoms with Crippen LogP contribution in [-0.2, 0) is 35.5 Å². The fourth-order valence-corrected chi connectivity index (χ4v) is 5.89. The number of carbonyl (C=O) groups excluding carboxylic acids is 2. The van der Waals surface area contributed by atoms with E-state index in [4.69, 9.17) is 4.52 Å². The van der Waals surface area contributed by atoms with Crippen LogP contribution in [0.5, 0.6) is 0 Å². The summed E-state index contributed by atoms with van der Waals surface area (Å²) in [5.41, 5.74) is 7.66. The number of hydrogen-bond donors (Lipinski definition) is 0. The zero-order valence-corrected chi connectivity index (χ0v) is 25.6. The van der Waals surface area contributed by atoms with Gasteiger partial charge in [-0.05, 0) is 60.7 Å². The highest BCUT2D eigenvalue weighted by Crippen LogP contribution is 2.24. The zero-order valence-electron chi connectivity index (χ0n) is 25.6. The Hall–Kier alpha value is -5.30. The largest absolute Gasteiger partial charge is 0.361 e. The number of benzene rings is 3. The molecule has 0 aliphatic carbocycles. The number of aromatic nitrogens is 2. The Labute approximate surface area is 263 Å². The molecule has 2 aromatic heterocycles. The third-order valence-corrected chi connectivity index (χ3v) is 8.41. The molecule has 45 heavy (non-hydrogen) atoms. The van der Waals surface area contributed by atoms with Gasteiger partial charge in [-0.1, -0.05) is 90.1 Å². The molecule has 0 saturated carbocycles. The normalized spacial score (nSPS) is 13.4. The monoisotopic (exact) mass is 596 g/mol. The van der Waals surface area contributed by atoms with E-state index in [1.54, 1.807) is 17.2 Å². The number of nitrogens with zero attached hydrogens (tertiary/aromatic N) is 4. The van der Waals surface area contributed by atoms with Crippen molar-refractivity contribution in [3.8, 4) is 11.3 Å². The first-order valence-electron chi connectivity index (χ1n) is 15.3. The van der Waals surface area contributed by atoms with Crippen molar-refractivity contribution in [3.05, 3.63) is 149 Å². The van der Waals surface area contributed by atoms with Crippen LogP contribution in [0.15, 0.2) is 114 Å². The molecule has 0 N–H and O–H groups in total. The molecule has 0 radical (unpaired) electrons. The molecular weight excluding hydrogens is 560 g/mol. The summed E-state index contributed by atoms with van der Waals surface area (Å²) in [6.07, 6.45) is 6.23. The summed E-state index contributed by atoms with van der Waals surface area (Å²) in [6.45, 7) is 5.06. The minimum Gasteiger partial charge on any atom is -0.361 e. The van der Waals surface area contributed by atoms with E-state index in [9.17, 15) is 9.59 Å². The quantitative estimate of drug-likeness (QED) is 0.179. The Kier molecular flexibility index (Phi) is 8.96. The molecule has 0 saturated heterocycles. The summed E-state index contributed by atoms with van der Waals surface area (Å²) >= 11 is 0. The molecule has 0 fully saturated rings. The highest BCUT2D eigenvalue weighted by atomic mass is 16.5. The third-order valence-electron chi connectivity index (χ3n) is 8.41. The van der Waals surface area contributed by atoms with Crippen LogP contribution >= 0.6 is 0 Å². The summed E-state index contributed by atoms with van der Waals surface area (Å²) in [5, 5.41) is 4.02. The van der Waals surface area contributed by atoms with Gasteiger partial charge in [0.2, 0.25) is 11.8 Å². The van der Waals surface area contributed by atoms with Crippen LogP contribution in [0.4, 0.5) is 0 Å². The first-order chi connectivity index (χ1) is 22.0. The van der Waals surface area contributed by atoms with Crippen LogP contribution in [0.25, 0.3) is 17.3 Å². The van der Waals surface area contributed by atoms with Crippen molar-refractivity contribution in [2.75, 3.05) is 6.54 Å². The molecule has 0 unspecified atom stereocenters. The number of rotatable bonds is 9. The molecule has 3 aromatic carbocycles. The van der Waals surface area contributed by atoms with E-state index in [0.29, 0.717) is 31.0 Å². The lowest BCUT2D eigenvalue weighted by Gasteiger charge is -2.37. The summed E-state index contributed by atoms with van der Waals surface area (Å²) in [6, 6.07) is 31.3. The summed E-state index contributed by atoms with van der Waals surface area (Å²) in [7, 11) is 0. The molecule has 7 heteroatoms. The van der Waals surface area contributed by atoms with Crippen LogP contribution in [0.1, 0.15) is 39.3 Å². The van der Waals surface area contributed by atoms with E-state index in [-0.39, 0.29) is 18.4 Å². The van der Waals surface area contributed by atoms with Gasteiger partial charge in [0.15, 0.2) is 0 Å². The maximum atomic E-state index is 14.5. The molecule has 0 spiro atoms. The summed E-state index contributed by atoms with van der Waals surface area (Å²) in [4.78, 5) is 36.8. The molecule has 226 valence electrons. The van der Waals surface area contributed by atoms with Gasteiger partial charge < -0.3 is 14.3 Å². The minimum atomic E-state index is -0.713. The predicted octanol–water partition coefficient (Wildman–Crippen LogP) is 6.59. The Balaban J connectivity index is 1.35. The van der Waals surface area contributed by atoms with E-state index in [1.165, 1.54) is 11.6 Å². The lowest BCUT2D eigenvalue weighted by molar-refractivity contribution is -0.144. The predicted molar refractivity (Wildman–Crippen MR) is 175 cm³/mol. The number of carbonyl (C=O) groups is 2. The molecule has 1 aliphatic rings. The smallest absolute Gasteiger partial charge is 0.247 e. The molecule has 1 atom stereocenters. The van der Waals surface area contributed by atoms with Crippen molar-refractivity contribution >= 4 is 17.9 Å². The van der Waals surface area contributed by atoms with Crippen LogP contribution in [0.2, 0.25) is 0 Å². The van der Waals surface area contributed by atoms with Crippen LogP contribution in [0.3, 0.4) is 0 Å². The summed E-state index contributed by atoms with van der Waals surface area (Å²) in [5.74, 6) is 0.324. The van der Waals surface area contributed by atoms with Gasteiger partial charge in [0.1, 0.15) is 11.8 Å².